The van der Waals surface area contributed by atoms with Crippen molar-refractivity contribution in [1.29, 1.82) is 0 Å². The van der Waals surface area contributed by atoms with Crippen LogP contribution in [0.5, 0.6) is 5.75 Å². The van der Waals surface area contributed by atoms with E-state index in [0.29, 0.717) is 17.7 Å². The van der Waals surface area contributed by atoms with E-state index in [-0.39, 0.29) is 11.2 Å². The fraction of sp³-hybridized carbons (Fsp3) is 0.647. The summed E-state index contributed by atoms with van der Waals surface area (Å²) < 4.78 is 18.1. The molecular formula is C17H25BClNO3. The minimum atomic E-state index is -0.418. The van der Waals surface area contributed by atoms with Gasteiger partial charge in [-0.25, -0.2) is 0 Å². The summed E-state index contributed by atoms with van der Waals surface area (Å²) in [4.78, 5) is 2.31. The van der Waals surface area contributed by atoms with Crippen LogP contribution in [0, 0.1) is 0 Å². The second-order valence-corrected chi connectivity index (χ2v) is 7.98. The molecule has 0 unspecified atom stereocenters. The number of rotatable bonds is 2. The van der Waals surface area contributed by atoms with Crippen molar-refractivity contribution in [2.24, 2.45) is 0 Å². The van der Waals surface area contributed by atoms with Crippen LogP contribution in [0.15, 0.2) is 12.1 Å². The molecule has 0 aliphatic carbocycles. The average molecular weight is 338 g/mol. The summed E-state index contributed by atoms with van der Waals surface area (Å²) in [7, 11) is -0.418. The Morgan fingerprint density at radius 1 is 1.13 bits per heavy atom. The van der Waals surface area contributed by atoms with Gasteiger partial charge in [0.05, 0.1) is 28.5 Å². The van der Waals surface area contributed by atoms with Crippen molar-refractivity contribution >= 4 is 29.9 Å². The molecule has 3 rings (SSSR count). The van der Waals surface area contributed by atoms with Crippen molar-refractivity contribution in [3.05, 3.63) is 17.2 Å². The van der Waals surface area contributed by atoms with E-state index in [1.165, 1.54) is 0 Å². The molecule has 0 atom stereocenters. The van der Waals surface area contributed by atoms with Crippen LogP contribution >= 0.6 is 11.6 Å². The molecule has 1 aromatic rings. The van der Waals surface area contributed by atoms with Crippen LogP contribution in [0.3, 0.4) is 0 Å². The van der Waals surface area contributed by atoms with E-state index in [1.54, 1.807) is 0 Å². The molecule has 2 aliphatic heterocycles. The van der Waals surface area contributed by atoms with Gasteiger partial charge in [0.15, 0.2) is 5.75 Å². The lowest BCUT2D eigenvalue weighted by Crippen LogP contribution is -2.41. The zero-order valence-corrected chi connectivity index (χ0v) is 15.5. The van der Waals surface area contributed by atoms with Gasteiger partial charge in [0, 0.05) is 6.04 Å². The van der Waals surface area contributed by atoms with Crippen LogP contribution in [-0.2, 0) is 9.31 Å². The number of anilines is 1. The van der Waals surface area contributed by atoms with Crippen LogP contribution in [-0.4, -0.2) is 37.5 Å². The first-order valence-electron chi connectivity index (χ1n) is 8.21. The Morgan fingerprint density at radius 3 is 2.30 bits per heavy atom. The van der Waals surface area contributed by atoms with Gasteiger partial charge in [-0.1, -0.05) is 11.6 Å². The minimum absolute atomic E-state index is 0.367. The van der Waals surface area contributed by atoms with Gasteiger partial charge in [-0.3, -0.25) is 0 Å². The smallest absolute Gasteiger partial charge is 0.488 e. The van der Waals surface area contributed by atoms with Crippen LogP contribution in [0.2, 0.25) is 5.02 Å². The lowest BCUT2D eigenvalue weighted by Gasteiger charge is -2.35. The van der Waals surface area contributed by atoms with Crippen molar-refractivity contribution in [2.45, 2.75) is 58.8 Å². The van der Waals surface area contributed by atoms with Gasteiger partial charge in [-0.15, -0.1) is 0 Å². The van der Waals surface area contributed by atoms with E-state index < -0.39 is 7.12 Å². The number of hydrogen-bond acceptors (Lipinski definition) is 4. The highest BCUT2D eigenvalue weighted by atomic mass is 35.5. The molecule has 1 fully saturated rings. The normalized spacial score (nSPS) is 22.3. The maximum Gasteiger partial charge on any atom is 0.494 e. The highest BCUT2D eigenvalue weighted by Crippen LogP contribution is 2.40. The summed E-state index contributed by atoms with van der Waals surface area (Å²) >= 11 is 6.48. The van der Waals surface area contributed by atoms with Gasteiger partial charge in [0.2, 0.25) is 0 Å². The average Bonchev–Trinajstić information content (AvgIpc) is 2.66. The summed E-state index contributed by atoms with van der Waals surface area (Å²) in [5.74, 6) is 0.756. The monoisotopic (exact) mass is 337 g/mol. The SMILES string of the molecule is CC(C)N1CCOc2c(Cl)cc(B3OC(C)(C)C(C)(C)O3)cc21. The van der Waals surface area contributed by atoms with Gasteiger partial charge in [-0.05, 0) is 59.1 Å². The van der Waals surface area contributed by atoms with E-state index in [0.717, 1.165) is 23.4 Å². The number of hydrogen-bond donors (Lipinski definition) is 0. The van der Waals surface area contributed by atoms with Crippen LogP contribution in [0.4, 0.5) is 5.69 Å². The minimum Gasteiger partial charge on any atom is -0.488 e. The molecular weight excluding hydrogens is 312 g/mol. The van der Waals surface area contributed by atoms with Crippen LogP contribution in [0.25, 0.3) is 0 Å². The summed E-state index contributed by atoms with van der Waals surface area (Å²) in [6.45, 7) is 14.1. The third-order valence-electron chi connectivity index (χ3n) is 5.08. The van der Waals surface area contributed by atoms with Gasteiger partial charge >= 0.3 is 7.12 Å². The lowest BCUT2D eigenvalue weighted by atomic mass is 9.78. The second-order valence-electron chi connectivity index (χ2n) is 7.57. The number of benzene rings is 1. The van der Waals surface area contributed by atoms with E-state index in [4.69, 9.17) is 25.6 Å². The topological polar surface area (TPSA) is 30.9 Å². The molecule has 23 heavy (non-hydrogen) atoms. The van der Waals surface area contributed by atoms with E-state index in [9.17, 15) is 0 Å². The molecule has 0 saturated carbocycles. The molecule has 6 heteroatoms. The zero-order valence-electron chi connectivity index (χ0n) is 14.8. The lowest BCUT2D eigenvalue weighted by molar-refractivity contribution is 0.00578. The molecule has 0 spiro atoms. The Kier molecular flexibility index (Phi) is 4.10. The molecule has 0 N–H and O–H groups in total. The van der Waals surface area contributed by atoms with Gasteiger partial charge < -0.3 is 18.9 Å². The first-order valence-corrected chi connectivity index (χ1v) is 8.59. The van der Waals surface area contributed by atoms with E-state index >= 15 is 0 Å². The maximum atomic E-state index is 6.48. The molecule has 126 valence electrons. The third kappa shape index (κ3) is 2.83. The number of halogens is 1. The van der Waals surface area contributed by atoms with Crippen molar-refractivity contribution in [3.63, 3.8) is 0 Å². The van der Waals surface area contributed by atoms with Crippen molar-refractivity contribution in [1.82, 2.24) is 0 Å². The molecule has 4 nitrogen and oxygen atoms in total. The molecule has 0 aromatic heterocycles. The zero-order chi connectivity index (χ0) is 17.0. The molecule has 1 saturated heterocycles. The highest BCUT2D eigenvalue weighted by Gasteiger charge is 2.52. The van der Waals surface area contributed by atoms with E-state index in [1.807, 2.05) is 6.07 Å². The largest absolute Gasteiger partial charge is 0.494 e. The third-order valence-corrected chi connectivity index (χ3v) is 5.36. The Balaban J connectivity index is 2.00. The predicted octanol–water partition coefficient (Wildman–Crippen LogP) is 3.25. The Labute approximate surface area is 144 Å². The molecule has 0 radical (unpaired) electrons. The van der Waals surface area contributed by atoms with Crippen molar-refractivity contribution < 1.29 is 14.0 Å². The fourth-order valence-corrected chi connectivity index (χ4v) is 3.25. The van der Waals surface area contributed by atoms with Crippen LogP contribution < -0.4 is 15.1 Å². The van der Waals surface area contributed by atoms with Gasteiger partial charge in [-0.2, -0.15) is 0 Å². The Bertz CT molecular complexity index is 602. The van der Waals surface area contributed by atoms with Gasteiger partial charge in [0.25, 0.3) is 0 Å². The first-order chi connectivity index (χ1) is 10.6. The second kappa shape index (κ2) is 5.57. The van der Waals surface area contributed by atoms with Crippen molar-refractivity contribution in [2.75, 3.05) is 18.1 Å². The Hall–Kier alpha value is -0.905. The summed E-state index contributed by atoms with van der Waals surface area (Å²) in [6.07, 6.45) is 0. The quantitative estimate of drug-likeness (QED) is 0.775. The molecule has 0 amide bonds. The first kappa shape index (κ1) is 16.9. The summed E-state index contributed by atoms with van der Waals surface area (Å²) in [5, 5.41) is 0.609. The van der Waals surface area contributed by atoms with Crippen LogP contribution in [0.1, 0.15) is 41.5 Å². The molecule has 2 heterocycles. The Morgan fingerprint density at radius 2 is 1.74 bits per heavy atom. The number of ether oxygens (including phenoxy) is 1. The number of nitrogens with zero attached hydrogens (tertiary/aromatic N) is 1. The maximum absolute atomic E-state index is 6.48. The fourth-order valence-electron chi connectivity index (χ4n) is 2.97. The molecule has 1 aromatic carbocycles. The standard InChI is InChI=1S/C17H25BClNO3/c1-11(2)20-7-8-21-15-13(19)9-12(10-14(15)20)18-22-16(3,4)17(5,6)23-18/h9-11H,7-8H2,1-6H3. The van der Waals surface area contributed by atoms with E-state index in [2.05, 4.69) is 52.5 Å². The van der Waals surface area contributed by atoms with Gasteiger partial charge in [0.1, 0.15) is 6.61 Å². The predicted molar refractivity (Wildman–Crippen MR) is 95.1 cm³/mol. The highest BCUT2D eigenvalue weighted by molar-refractivity contribution is 6.62. The number of fused-ring (bicyclic) bond motifs is 1. The molecule has 2 aliphatic rings. The summed E-state index contributed by atoms with van der Waals surface area (Å²) in [6, 6.07) is 4.36. The summed E-state index contributed by atoms with van der Waals surface area (Å²) in [5.41, 5.74) is 1.22. The van der Waals surface area contributed by atoms with Crippen molar-refractivity contribution in [3.8, 4) is 5.75 Å². The molecule has 0 bridgehead atoms.